The Morgan fingerprint density at radius 3 is 2.22 bits per heavy atom. The molecule has 1 aromatic carbocycles. The van der Waals surface area contributed by atoms with E-state index in [9.17, 15) is 9.59 Å². The van der Waals surface area contributed by atoms with Gasteiger partial charge in [0.2, 0.25) is 0 Å². The standard InChI is InChI=1S/C14H14ClNO2/c15-9-4-3-5-10(8-9)16-13(17)11-6-1-2-7-12(11)14(16)18/h1-2,6-7,9-10H,3-5,8H2. The predicted octanol–water partition coefficient (Wildman–Crippen LogP) is 2.83. The molecule has 2 amide bonds. The normalized spacial score (nSPS) is 27.5. The summed E-state index contributed by atoms with van der Waals surface area (Å²) in [4.78, 5) is 26.0. The molecule has 1 saturated carbocycles. The van der Waals surface area contributed by atoms with Crippen molar-refractivity contribution in [3.05, 3.63) is 35.4 Å². The molecule has 94 valence electrons. The Kier molecular flexibility index (Phi) is 2.86. The van der Waals surface area contributed by atoms with Crippen LogP contribution in [0.4, 0.5) is 0 Å². The second kappa shape index (κ2) is 4.39. The van der Waals surface area contributed by atoms with E-state index in [1.54, 1.807) is 24.3 Å². The van der Waals surface area contributed by atoms with Gasteiger partial charge < -0.3 is 0 Å². The second-order valence-corrected chi connectivity index (χ2v) is 5.56. The zero-order chi connectivity index (χ0) is 12.7. The highest BCUT2D eigenvalue weighted by molar-refractivity contribution is 6.22. The smallest absolute Gasteiger partial charge is 0.261 e. The Balaban J connectivity index is 1.92. The Hall–Kier alpha value is -1.35. The summed E-state index contributed by atoms with van der Waals surface area (Å²) in [5.41, 5.74) is 1.05. The zero-order valence-corrected chi connectivity index (χ0v) is 10.7. The van der Waals surface area contributed by atoms with Crippen LogP contribution in [-0.2, 0) is 0 Å². The lowest BCUT2D eigenvalue weighted by Crippen LogP contribution is -2.42. The quantitative estimate of drug-likeness (QED) is 0.577. The van der Waals surface area contributed by atoms with E-state index in [4.69, 9.17) is 11.6 Å². The minimum Gasteiger partial charge on any atom is -0.271 e. The molecule has 0 spiro atoms. The van der Waals surface area contributed by atoms with Crippen molar-refractivity contribution in [2.75, 3.05) is 0 Å². The van der Waals surface area contributed by atoms with Gasteiger partial charge in [-0.3, -0.25) is 14.5 Å². The number of carbonyl (C=O) groups excluding carboxylic acids is 2. The number of amides is 2. The van der Waals surface area contributed by atoms with Crippen LogP contribution >= 0.6 is 11.6 Å². The Morgan fingerprint density at radius 2 is 1.67 bits per heavy atom. The number of benzene rings is 1. The van der Waals surface area contributed by atoms with Crippen molar-refractivity contribution in [2.24, 2.45) is 0 Å². The molecule has 2 atom stereocenters. The Morgan fingerprint density at radius 1 is 1.06 bits per heavy atom. The number of fused-ring (bicyclic) bond motifs is 1. The topological polar surface area (TPSA) is 37.4 Å². The first-order valence-electron chi connectivity index (χ1n) is 6.29. The van der Waals surface area contributed by atoms with Gasteiger partial charge in [0.25, 0.3) is 11.8 Å². The van der Waals surface area contributed by atoms with E-state index < -0.39 is 0 Å². The summed E-state index contributed by atoms with van der Waals surface area (Å²) >= 11 is 6.15. The molecule has 1 heterocycles. The first-order valence-corrected chi connectivity index (χ1v) is 6.73. The van der Waals surface area contributed by atoms with Crippen LogP contribution in [0.15, 0.2) is 24.3 Å². The third kappa shape index (κ3) is 1.74. The summed E-state index contributed by atoms with van der Waals surface area (Å²) in [6.45, 7) is 0. The van der Waals surface area contributed by atoms with Crippen molar-refractivity contribution in [3.8, 4) is 0 Å². The average molecular weight is 264 g/mol. The molecule has 2 aliphatic rings. The summed E-state index contributed by atoms with van der Waals surface area (Å²) in [7, 11) is 0. The van der Waals surface area contributed by atoms with Crippen molar-refractivity contribution in [1.82, 2.24) is 4.90 Å². The molecule has 1 aliphatic heterocycles. The van der Waals surface area contributed by atoms with Gasteiger partial charge in [-0.05, 0) is 37.8 Å². The van der Waals surface area contributed by atoms with Crippen molar-refractivity contribution in [3.63, 3.8) is 0 Å². The van der Waals surface area contributed by atoms with Crippen molar-refractivity contribution < 1.29 is 9.59 Å². The van der Waals surface area contributed by atoms with E-state index >= 15 is 0 Å². The molecule has 3 rings (SSSR count). The molecule has 2 unspecified atom stereocenters. The van der Waals surface area contributed by atoms with Crippen molar-refractivity contribution >= 4 is 23.4 Å². The van der Waals surface area contributed by atoms with Gasteiger partial charge in [0.1, 0.15) is 0 Å². The van der Waals surface area contributed by atoms with Crippen LogP contribution in [0.3, 0.4) is 0 Å². The summed E-state index contributed by atoms with van der Waals surface area (Å²) in [6, 6.07) is 6.98. The van der Waals surface area contributed by atoms with Crippen molar-refractivity contribution in [2.45, 2.75) is 37.1 Å². The molecule has 0 radical (unpaired) electrons. The van der Waals surface area contributed by atoms with Crippen LogP contribution in [0, 0.1) is 0 Å². The lowest BCUT2D eigenvalue weighted by atomic mass is 9.94. The van der Waals surface area contributed by atoms with E-state index in [1.165, 1.54) is 4.90 Å². The average Bonchev–Trinajstić information content (AvgIpc) is 2.63. The third-order valence-electron chi connectivity index (χ3n) is 3.77. The summed E-state index contributed by atoms with van der Waals surface area (Å²) in [5.74, 6) is -0.322. The fraction of sp³-hybridized carbons (Fsp3) is 0.429. The maximum atomic E-state index is 12.3. The van der Waals surface area contributed by atoms with Crippen LogP contribution in [0.5, 0.6) is 0 Å². The van der Waals surface area contributed by atoms with Crippen LogP contribution in [0.25, 0.3) is 0 Å². The molecular formula is C14H14ClNO2. The number of hydrogen-bond acceptors (Lipinski definition) is 2. The molecule has 0 saturated heterocycles. The minimum atomic E-state index is -0.161. The molecule has 0 aromatic heterocycles. The fourth-order valence-electron chi connectivity index (χ4n) is 2.88. The number of carbonyl (C=O) groups is 2. The van der Waals surface area contributed by atoms with Gasteiger partial charge >= 0.3 is 0 Å². The molecule has 1 aromatic rings. The maximum absolute atomic E-state index is 12.3. The van der Waals surface area contributed by atoms with Crippen LogP contribution in [-0.4, -0.2) is 28.1 Å². The molecule has 4 heteroatoms. The van der Waals surface area contributed by atoms with E-state index in [0.717, 1.165) is 19.3 Å². The fourth-order valence-corrected chi connectivity index (χ4v) is 3.24. The number of hydrogen-bond donors (Lipinski definition) is 0. The molecule has 1 aliphatic carbocycles. The summed E-state index contributed by atoms with van der Waals surface area (Å²) in [5, 5.41) is 0.0769. The van der Waals surface area contributed by atoms with E-state index in [-0.39, 0.29) is 23.2 Å². The molecular weight excluding hydrogens is 250 g/mol. The molecule has 0 N–H and O–H groups in total. The Bertz CT molecular complexity index is 479. The molecule has 18 heavy (non-hydrogen) atoms. The van der Waals surface area contributed by atoms with Crippen LogP contribution in [0.1, 0.15) is 46.4 Å². The van der Waals surface area contributed by atoms with Gasteiger partial charge in [-0.15, -0.1) is 11.6 Å². The molecule has 3 nitrogen and oxygen atoms in total. The van der Waals surface area contributed by atoms with Gasteiger partial charge in [0, 0.05) is 11.4 Å². The van der Waals surface area contributed by atoms with Gasteiger partial charge in [0.05, 0.1) is 11.1 Å². The highest BCUT2D eigenvalue weighted by atomic mass is 35.5. The largest absolute Gasteiger partial charge is 0.271 e. The maximum Gasteiger partial charge on any atom is 0.261 e. The van der Waals surface area contributed by atoms with Gasteiger partial charge in [-0.2, -0.15) is 0 Å². The predicted molar refractivity (Wildman–Crippen MR) is 68.8 cm³/mol. The summed E-state index contributed by atoms with van der Waals surface area (Å²) in [6.07, 6.45) is 3.54. The molecule has 1 fully saturated rings. The lowest BCUT2D eigenvalue weighted by Gasteiger charge is -2.31. The van der Waals surface area contributed by atoms with Gasteiger partial charge in [0.15, 0.2) is 0 Å². The van der Waals surface area contributed by atoms with E-state index in [0.29, 0.717) is 17.5 Å². The zero-order valence-electron chi connectivity index (χ0n) is 9.93. The number of imide groups is 1. The first kappa shape index (κ1) is 11.7. The highest BCUT2D eigenvalue weighted by Gasteiger charge is 2.40. The summed E-state index contributed by atoms with van der Waals surface area (Å²) < 4.78 is 0. The SMILES string of the molecule is O=C1c2ccccc2C(=O)N1C1CCCC(Cl)C1. The third-order valence-corrected chi connectivity index (χ3v) is 4.17. The van der Waals surface area contributed by atoms with Gasteiger partial charge in [-0.1, -0.05) is 12.1 Å². The number of nitrogens with zero attached hydrogens (tertiary/aromatic N) is 1. The van der Waals surface area contributed by atoms with Crippen LogP contribution in [0.2, 0.25) is 0 Å². The van der Waals surface area contributed by atoms with E-state index in [2.05, 4.69) is 0 Å². The van der Waals surface area contributed by atoms with Crippen LogP contribution < -0.4 is 0 Å². The monoisotopic (exact) mass is 263 g/mol. The number of halogens is 1. The second-order valence-electron chi connectivity index (χ2n) is 4.94. The molecule has 0 bridgehead atoms. The highest BCUT2D eigenvalue weighted by Crippen LogP contribution is 2.32. The number of rotatable bonds is 1. The van der Waals surface area contributed by atoms with Gasteiger partial charge in [-0.25, -0.2) is 0 Å². The number of alkyl halides is 1. The lowest BCUT2D eigenvalue weighted by molar-refractivity contribution is 0.0551. The van der Waals surface area contributed by atoms with E-state index in [1.807, 2.05) is 0 Å². The Labute approximate surface area is 111 Å². The van der Waals surface area contributed by atoms with Crippen molar-refractivity contribution in [1.29, 1.82) is 0 Å². The first-order chi connectivity index (χ1) is 8.68. The minimum absolute atomic E-state index is 0.0337.